The van der Waals surface area contributed by atoms with Gasteiger partial charge in [-0.2, -0.15) is 0 Å². The van der Waals surface area contributed by atoms with Crippen LogP contribution in [0.3, 0.4) is 0 Å². The van der Waals surface area contributed by atoms with Crippen molar-refractivity contribution in [3.05, 3.63) is 57.7 Å². The predicted molar refractivity (Wildman–Crippen MR) is 95.3 cm³/mol. The number of anilines is 1. The van der Waals surface area contributed by atoms with E-state index in [2.05, 4.69) is 10.3 Å². The summed E-state index contributed by atoms with van der Waals surface area (Å²) in [5.41, 5.74) is 2.30. The lowest BCUT2D eigenvalue weighted by molar-refractivity contribution is -0.117. The highest BCUT2D eigenvalue weighted by atomic mass is 16.5. The molecule has 1 saturated carbocycles. The maximum Gasteiger partial charge on any atom is 0.287 e. The molecule has 0 atom stereocenters. The van der Waals surface area contributed by atoms with Crippen LogP contribution in [0.5, 0.6) is 5.75 Å². The molecule has 2 heterocycles. The van der Waals surface area contributed by atoms with E-state index in [0.29, 0.717) is 28.5 Å². The first-order valence-electron chi connectivity index (χ1n) is 8.53. The summed E-state index contributed by atoms with van der Waals surface area (Å²) in [6, 6.07) is 8.67. The van der Waals surface area contributed by atoms with Crippen molar-refractivity contribution in [3.8, 4) is 5.75 Å². The third-order valence-corrected chi connectivity index (χ3v) is 4.24. The van der Waals surface area contributed by atoms with E-state index < -0.39 is 0 Å². The first-order valence-corrected chi connectivity index (χ1v) is 8.53. The third-order valence-electron chi connectivity index (χ3n) is 4.24. The van der Waals surface area contributed by atoms with Crippen molar-refractivity contribution in [1.82, 2.24) is 9.56 Å². The second-order valence-electron chi connectivity index (χ2n) is 6.64. The minimum atomic E-state index is -0.298. The molecule has 3 aromatic rings. The minimum absolute atomic E-state index is 0.0205. The van der Waals surface area contributed by atoms with E-state index >= 15 is 0 Å². The SMILES string of the molecule is Cc1ccc(OCc2cc(=O)n3oc(C)cc3n2)c(NC(=O)C2CC2)c1. The highest BCUT2D eigenvalue weighted by Crippen LogP contribution is 2.33. The van der Waals surface area contributed by atoms with Gasteiger partial charge in [0.1, 0.15) is 18.1 Å². The zero-order valence-corrected chi connectivity index (χ0v) is 14.6. The normalized spacial score (nSPS) is 13.8. The van der Waals surface area contributed by atoms with Gasteiger partial charge in [0, 0.05) is 18.1 Å². The van der Waals surface area contributed by atoms with Crippen LogP contribution in [0.15, 0.2) is 39.6 Å². The molecule has 1 aliphatic rings. The van der Waals surface area contributed by atoms with E-state index in [9.17, 15) is 9.59 Å². The molecule has 0 saturated heterocycles. The average molecular weight is 353 g/mol. The Morgan fingerprint density at radius 3 is 2.88 bits per heavy atom. The zero-order chi connectivity index (χ0) is 18.3. The van der Waals surface area contributed by atoms with E-state index in [4.69, 9.17) is 9.26 Å². The fraction of sp³-hybridized carbons (Fsp3) is 0.316. The van der Waals surface area contributed by atoms with E-state index in [1.54, 1.807) is 13.0 Å². The molecule has 1 N–H and O–H groups in total. The van der Waals surface area contributed by atoms with Gasteiger partial charge < -0.3 is 14.6 Å². The molecule has 1 aromatic carbocycles. The Morgan fingerprint density at radius 2 is 2.12 bits per heavy atom. The Bertz CT molecular complexity index is 1050. The topological polar surface area (TPSA) is 85.8 Å². The number of carbonyl (C=O) groups is 1. The van der Waals surface area contributed by atoms with Crippen LogP contribution in [0.4, 0.5) is 5.69 Å². The summed E-state index contributed by atoms with van der Waals surface area (Å²) in [4.78, 5) is 28.5. The molecule has 0 bridgehead atoms. The molecule has 7 heteroatoms. The molecule has 0 unspecified atom stereocenters. The van der Waals surface area contributed by atoms with Gasteiger partial charge in [-0.15, -0.1) is 4.57 Å². The number of hydrogen-bond donors (Lipinski definition) is 1. The summed E-state index contributed by atoms with van der Waals surface area (Å²) in [6.07, 6.45) is 1.87. The number of aromatic nitrogens is 2. The Balaban J connectivity index is 1.55. The summed E-state index contributed by atoms with van der Waals surface area (Å²) in [5.74, 6) is 1.29. The largest absolute Gasteiger partial charge is 0.485 e. The van der Waals surface area contributed by atoms with Crippen LogP contribution in [0.2, 0.25) is 0 Å². The molecule has 26 heavy (non-hydrogen) atoms. The van der Waals surface area contributed by atoms with Crippen LogP contribution < -0.4 is 15.6 Å². The quantitative estimate of drug-likeness (QED) is 0.762. The number of rotatable bonds is 5. The van der Waals surface area contributed by atoms with Crippen molar-refractivity contribution < 1.29 is 14.1 Å². The first-order chi connectivity index (χ1) is 12.5. The molecule has 1 aliphatic carbocycles. The van der Waals surface area contributed by atoms with Crippen LogP contribution >= 0.6 is 0 Å². The maximum atomic E-state index is 12.1. The summed E-state index contributed by atoms with van der Waals surface area (Å²) < 4.78 is 12.3. The van der Waals surface area contributed by atoms with Crippen molar-refractivity contribution in [2.75, 3.05) is 5.32 Å². The molecule has 2 aromatic heterocycles. The van der Waals surface area contributed by atoms with Gasteiger partial charge in [0.2, 0.25) is 5.91 Å². The van der Waals surface area contributed by atoms with E-state index in [0.717, 1.165) is 23.0 Å². The second kappa shape index (κ2) is 6.33. The fourth-order valence-corrected chi connectivity index (χ4v) is 2.75. The van der Waals surface area contributed by atoms with E-state index in [1.807, 2.05) is 25.1 Å². The van der Waals surface area contributed by atoms with Gasteiger partial charge >= 0.3 is 0 Å². The lowest BCUT2D eigenvalue weighted by Crippen LogP contribution is -2.16. The fourth-order valence-electron chi connectivity index (χ4n) is 2.75. The number of hydrogen-bond acceptors (Lipinski definition) is 5. The molecule has 134 valence electrons. The Hall–Kier alpha value is -3.09. The van der Waals surface area contributed by atoms with Crippen molar-refractivity contribution >= 4 is 17.2 Å². The number of ether oxygens (including phenoxy) is 1. The lowest BCUT2D eigenvalue weighted by atomic mass is 10.2. The predicted octanol–water partition coefficient (Wildman–Crippen LogP) is 2.83. The maximum absolute atomic E-state index is 12.1. The molecular formula is C19H19N3O4. The first kappa shape index (κ1) is 16.4. The van der Waals surface area contributed by atoms with Crippen molar-refractivity contribution in [2.24, 2.45) is 5.92 Å². The molecule has 7 nitrogen and oxygen atoms in total. The number of fused-ring (bicyclic) bond motifs is 1. The third kappa shape index (κ3) is 3.33. The van der Waals surface area contributed by atoms with Crippen LogP contribution in [-0.2, 0) is 11.4 Å². The number of nitrogens with one attached hydrogen (secondary N) is 1. The van der Waals surface area contributed by atoms with E-state index in [1.165, 1.54) is 6.07 Å². The monoisotopic (exact) mass is 353 g/mol. The smallest absolute Gasteiger partial charge is 0.287 e. The highest BCUT2D eigenvalue weighted by molar-refractivity contribution is 5.95. The molecule has 0 radical (unpaired) electrons. The minimum Gasteiger partial charge on any atom is -0.485 e. The standard InChI is InChI=1S/C19H19N3O4/c1-11-3-6-16(15(7-11)21-19(24)13-4-5-13)25-10-14-9-18(23)22-17(20-14)8-12(2)26-22/h3,6-9,13H,4-5,10H2,1-2H3,(H,21,24). The van der Waals surface area contributed by atoms with Gasteiger partial charge in [0.05, 0.1) is 11.4 Å². The van der Waals surface area contributed by atoms with Crippen molar-refractivity contribution in [2.45, 2.75) is 33.3 Å². The van der Waals surface area contributed by atoms with Gasteiger partial charge in [0.25, 0.3) is 5.56 Å². The number of benzene rings is 1. The summed E-state index contributed by atoms with van der Waals surface area (Å²) in [7, 11) is 0. The van der Waals surface area contributed by atoms with Crippen molar-refractivity contribution in [3.63, 3.8) is 0 Å². The number of aryl methyl sites for hydroxylation is 2. The van der Waals surface area contributed by atoms with Gasteiger partial charge in [-0.3, -0.25) is 9.59 Å². The molecule has 1 fully saturated rings. The summed E-state index contributed by atoms with van der Waals surface area (Å²) >= 11 is 0. The number of carbonyl (C=O) groups excluding carboxylic acids is 1. The summed E-state index contributed by atoms with van der Waals surface area (Å²) in [5, 5.41) is 2.93. The second-order valence-corrected chi connectivity index (χ2v) is 6.64. The Labute approximate surface area is 149 Å². The zero-order valence-electron chi connectivity index (χ0n) is 14.6. The van der Waals surface area contributed by atoms with Gasteiger partial charge in [0.15, 0.2) is 5.65 Å². The number of amides is 1. The van der Waals surface area contributed by atoms with Crippen LogP contribution in [0.1, 0.15) is 29.9 Å². The molecule has 1 amide bonds. The lowest BCUT2D eigenvalue weighted by Gasteiger charge is -2.13. The Morgan fingerprint density at radius 1 is 1.31 bits per heavy atom. The van der Waals surface area contributed by atoms with Gasteiger partial charge in [-0.05, 0) is 44.4 Å². The van der Waals surface area contributed by atoms with Crippen molar-refractivity contribution in [1.29, 1.82) is 0 Å². The molecule has 0 spiro atoms. The van der Waals surface area contributed by atoms with E-state index in [-0.39, 0.29) is 24.0 Å². The number of nitrogens with zero attached hydrogens (tertiary/aromatic N) is 2. The Kier molecular flexibility index (Phi) is 3.99. The molecular weight excluding hydrogens is 334 g/mol. The summed E-state index contributed by atoms with van der Waals surface area (Å²) in [6.45, 7) is 3.82. The van der Waals surface area contributed by atoms with Crippen LogP contribution in [0, 0.1) is 19.8 Å². The molecule has 4 rings (SSSR count). The molecule has 0 aliphatic heterocycles. The van der Waals surface area contributed by atoms with Gasteiger partial charge in [-0.25, -0.2) is 4.98 Å². The van der Waals surface area contributed by atoms with Crippen LogP contribution in [-0.4, -0.2) is 15.5 Å². The highest BCUT2D eigenvalue weighted by Gasteiger charge is 2.30. The average Bonchev–Trinajstić information content (AvgIpc) is 3.36. The van der Waals surface area contributed by atoms with Gasteiger partial charge in [-0.1, -0.05) is 6.07 Å². The van der Waals surface area contributed by atoms with Crippen LogP contribution in [0.25, 0.3) is 5.65 Å².